The number of aryl methyl sites for hydroxylation is 1. The van der Waals surface area contributed by atoms with Crippen LogP contribution in [0.5, 0.6) is 5.88 Å². The number of nitrogens with zero attached hydrogens (tertiary/aromatic N) is 3. The van der Waals surface area contributed by atoms with Crippen LogP contribution in [0.15, 0.2) is 0 Å². The molecule has 0 bridgehead atoms. The minimum atomic E-state index is -0.488. The molecule has 0 saturated carbocycles. The average molecular weight is 296 g/mol. The third kappa shape index (κ3) is 5.17. The fourth-order valence-electron chi connectivity index (χ4n) is 1.57. The summed E-state index contributed by atoms with van der Waals surface area (Å²) in [5.41, 5.74) is -0.187. The van der Waals surface area contributed by atoms with Gasteiger partial charge in [0.25, 0.3) is 5.88 Å². The van der Waals surface area contributed by atoms with Gasteiger partial charge in [-0.15, -0.1) is 0 Å². The number of nitro groups is 1. The first-order chi connectivity index (χ1) is 9.85. The first-order valence-electron chi connectivity index (χ1n) is 7.27. The SMILES string of the molecule is CCc1nc(NCC(C)C)c([N+](=O)[O-])c(OCC(C)C)n1. The summed E-state index contributed by atoms with van der Waals surface area (Å²) in [4.78, 5) is 19.2. The fraction of sp³-hybridized carbons (Fsp3) is 0.714. The van der Waals surface area contributed by atoms with Crippen LogP contribution in [0.3, 0.4) is 0 Å². The second-order valence-corrected chi connectivity index (χ2v) is 5.73. The van der Waals surface area contributed by atoms with Crippen LogP contribution in [0.25, 0.3) is 0 Å². The third-order valence-electron chi connectivity index (χ3n) is 2.63. The van der Waals surface area contributed by atoms with Gasteiger partial charge in [0.1, 0.15) is 5.82 Å². The fourth-order valence-corrected chi connectivity index (χ4v) is 1.57. The molecular weight excluding hydrogens is 272 g/mol. The van der Waals surface area contributed by atoms with E-state index in [1.807, 2.05) is 34.6 Å². The van der Waals surface area contributed by atoms with Crippen molar-refractivity contribution in [3.05, 3.63) is 15.9 Å². The summed E-state index contributed by atoms with van der Waals surface area (Å²) in [6, 6.07) is 0. The highest BCUT2D eigenvalue weighted by atomic mass is 16.6. The molecule has 1 heterocycles. The Hall–Kier alpha value is -1.92. The normalized spacial score (nSPS) is 11.0. The highest BCUT2D eigenvalue weighted by Crippen LogP contribution is 2.32. The van der Waals surface area contributed by atoms with E-state index in [0.717, 1.165) is 0 Å². The molecule has 0 amide bonds. The number of hydrogen-bond donors (Lipinski definition) is 1. The van der Waals surface area contributed by atoms with Crippen molar-refractivity contribution in [3.63, 3.8) is 0 Å². The number of hydrogen-bond acceptors (Lipinski definition) is 6. The van der Waals surface area contributed by atoms with Gasteiger partial charge in [0.05, 0.1) is 11.5 Å². The smallest absolute Gasteiger partial charge is 0.372 e. The van der Waals surface area contributed by atoms with Gasteiger partial charge in [-0.25, -0.2) is 4.98 Å². The van der Waals surface area contributed by atoms with Crippen molar-refractivity contribution in [3.8, 4) is 5.88 Å². The third-order valence-corrected chi connectivity index (χ3v) is 2.63. The summed E-state index contributed by atoms with van der Waals surface area (Å²) in [5, 5.41) is 14.4. The van der Waals surface area contributed by atoms with Crippen molar-refractivity contribution in [2.75, 3.05) is 18.5 Å². The van der Waals surface area contributed by atoms with Crippen LogP contribution < -0.4 is 10.1 Å². The Kier molecular flexibility index (Phi) is 6.33. The molecule has 0 aliphatic carbocycles. The maximum atomic E-state index is 11.3. The maximum Gasteiger partial charge on any atom is 0.372 e. The van der Waals surface area contributed by atoms with Crippen LogP contribution >= 0.6 is 0 Å². The van der Waals surface area contributed by atoms with Gasteiger partial charge in [-0.3, -0.25) is 10.1 Å². The number of nitrogens with one attached hydrogen (secondary N) is 1. The van der Waals surface area contributed by atoms with Gasteiger partial charge in [-0.1, -0.05) is 34.6 Å². The molecule has 0 aliphatic heterocycles. The van der Waals surface area contributed by atoms with Crippen molar-refractivity contribution in [2.24, 2.45) is 11.8 Å². The summed E-state index contributed by atoms with van der Waals surface area (Å²) < 4.78 is 5.52. The van der Waals surface area contributed by atoms with Crippen molar-refractivity contribution in [1.82, 2.24) is 9.97 Å². The highest BCUT2D eigenvalue weighted by molar-refractivity contribution is 5.61. The van der Waals surface area contributed by atoms with Crippen LogP contribution in [0.1, 0.15) is 40.4 Å². The average Bonchev–Trinajstić information content (AvgIpc) is 2.41. The zero-order valence-corrected chi connectivity index (χ0v) is 13.3. The number of rotatable bonds is 8. The first kappa shape index (κ1) is 17.1. The Morgan fingerprint density at radius 3 is 2.38 bits per heavy atom. The predicted octanol–water partition coefficient (Wildman–Crippen LogP) is 3.05. The van der Waals surface area contributed by atoms with Crippen LogP contribution in [-0.4, -0.2) is 28.0 Å². The van der Waals surface area contributed by atoms with Crippen molar-refractivity contribution in [1.29, 1.82) is 0 Å². The molecule has 7 heteroatoms. The molecule has 0 saturated heterocycles. The van der Waals surface area contributed by atoms with Gasteiger partial charge in [0.15, 0.2) is 0 Å². The van der Waals surface area contributed by atoms with Crippen LogP contribution in [0, 0.1) is 22.0 Å². The van der Waals surface area contributed by atoms with E-state index in [1.54, 1.807) is 0 Å². The molecule has 0 aromatic carbocycles. The van der Waals surface area contributed by atoms with Gasteiger partial charge in [-0.2, -0.15) is 4.98 Å². The zero-order valence-electron chi connectivity index (χ0n) is 13.3. The molecular formula is C14H24N4O3. The molecule has 0 atom stereocenters. The van der Waals surface area contributed by atoms with E-state index in [9.17, 15) is 10.1 Å². The summed E-state index contributed by atoms with van der Waals surface area (Å²) in [7, 11) is 0. The first-order valence-corrected chi connectivity index (χ1v) is 7.27. The number of aromatic nitrogens is 2. The minimum absolute atomic E-state index is 0.0480. The molecule has 1 rings (SSSR count). The molecule has 1 aromatic heterocycles. The molecule has 21 heavy (non-hydrogen) atoms. The largest absolute Gasteiger partial charge is 0.472 e. The van der Waals surface area contributed by atoms with E-state index in [4.69, 9.17) is 4.74 Å². The van der Waals surface area contributed by atoms with Crippen LogP contribution in [-0.2, 0) is 6.42 Å². The van der Waals surface area contributed by atoms with E-state index < -0.39 is 4.92 Å². The van der Waals surface area contributed by atoms with Gasteiger partial charge in [-0.05, 0) is 11.8 Å². The molecule has 118 valence electrons. The van der Waals surface area contributed by atoms with Crippen LogP contribution in [0.2, 0.25) is 0 Å². The lowest BCUT2D eigenvalue weighted by Gasteiger charge is -2.13. The summed E-state index contributed by atoms with van der Waals surface area (Å²) in [6.07, 6.45) is 0.590. The predicted molar refractivity (Wildman–Crippen MR) is 81.7 cm³/mol. The monoisotopic (exact) mass is 296 g/mol. The Morgan fingerprint density at radius 2 is 1.90 bits per heavy atom. The van der Waals surface area contributed by atoms with E-state index >= 15 is 0 Å². The number of anilines is 1. The summed E-state index contributed by atoms with van der Waals surface area (Å²) in [5.74, 6) is 1.43. The lowest BCUT2D eigenvalue weighted by molar-refractivity contribution is -0.385. The van der Waals surface area contributed by atoms with E-state index in [0.29, 0.717) is 31.3 Å². The Labute approximate surface area is 125 Å². The number of ether oxygens (including phenoxy) is 1. The van der Waals surface area contributed by atoms with Gasteiger partial charge >= 0.3 is 5.69 Å². The summed E-state index contributed by atoms with van der Waals surface area (Å²) in [6.45, 7) is 10.9. The summed E-state index contributed by atoms with van der Waals surface area (Å²) >= 11 is 0. The molecule has 1 N–H and O–H groups in total. The van der Waals surface area contributed by atoms with Gasteiger partial charge in [0, 0.05) is 13.0 Å². The Balaban J connectivity index is 3.18. The second kappa shape index (κ2) is 7.75. The zero-order chi connectivity index (χ0) is 16.0. The molecule has 0 radical (unpaired) electrons. The van der Waals surface area contributed by atoms with E-state index in [1.165, 1.54) is 0 Å². The standard InChI is InChI=1S/C14H24N4O3/c1-6-11-16-13(15-7-9(2)3)12(18(19)20)14(17-11)21-8-10(4)5/h9-10H,6-8H2,1-5H3,(H,15,16,17). The van der Waals surface area contributed by atoms with E-state index in [-0.39, 0.29) is 23.3 Å². The van der Waals surface area contributed by atoms with Crippen molar-refractivity contribution < 1.29 is 9.66 Å². The topological polar surface area (TPSA) is 90.2 Å². The highest BCUT2D eigenvalue weighted by Gasteiger charge is 2.26. The van der Waals surface area contributed by atoms with Gasteiger partial charge < -0.3 is 10.1 Å². The maximum absolute atomic E-state index is 11.3. The Morgan fingerprint density at radius 1 is 1.24 bits per heavy atom. The van der Waals surface area contributed by atoms with E-state index in [2.05, 4.69) is 15.3 Å². The van der Waals surface area contributed by atoms with Crippen molar-refractivity contribution >= 4 is 11.5 Å². The molecule has 0 spiro atoms. The van der Waals surface area contributed by atoms with Gasteiger partial charge in [0.2, 0.25) is 5.82 Å². The van der Waals surface area contributed by atoms with Crippen LogP contribution in [0.4, 0.5) is 11.5 Å². The molecule has 0 aliphatic rings. The molecule has 7 nitrogen and oxygen atoms in total. The molecule has 0 unspecified atom stereocenters. The Bertz CT molecular complexity index is 456. The lowest BCUT2D eigenvalue weighted by Crippen LogP contribution is -2.15. The minimum Gasteiger partial charge on any atom is -0.472 e. The van der Waals surface area contributed by atoms with Crippen molar-refractivity contribution in [2.45, 2.75) is 41.0 Å². The molecule has 1 aromatic rings. The molecule has 0 fully saturated rings. The lowest BCUT2D eigenvalue weighted by atomic mass is 10.2. The second-order valence-electron chi connectivity index (χ2n) is 5.73. The quantitative estimate of drug-likeness (QED) is 0.585.